The van der Waals surface area contributed by atoms with E-state index in [9.17, 15) is 0 Å². The monoisotopic (exact) mass is 274 g/mol. The summed E-state index contributed by atoms with van der Waals surface area (Å²) in [4.78, 5) is 0. The molecule has 0 fully saturated rings. The topological polar surface area (TPSA) is 9.23 Å². The van der Waals surface area contributed by atoms with Crippen molar-refractivity contribution in [1.29, 1.82) is 0 Å². The zero-order valence-corrected chi connectivity index (χ0v) is 13.2. The molecule has 0 unspecified atom stereocenters. The van der Waals surface area contributed by atoms with Crippen molar-refractivity contribution in [2.24, 2.45) is 0 Å². The van der Waals surface area contributed by atoms with Gasteiger partial charge in [0, 0.05) is 0 Å². The molecule has 0 aliphatic carbocycles. The van der Waals surface area contributed by atoms with E-state index >= 15 is 0 Å². The molecule has 112 valence electrons. The minimum absolute atomic E-state index is 0.730. The van der Waals surface area contributed by atoms with Gasteiger partial charge in [-0.25, -0.2) is 0 Å². The van der Waals surface area contributed by atoms with Crippen LogP contribution >= 0.6 is 0 Å². The Bertz CT molecular complexity index is 343. The van der Waals surface area contributed by atoms with E-state index in [1.54, 1.807) is 5.57 Å². The number of allylic oxidation sites excluding steroid dienone is 1. The van der Waals surface area contributed by atoms with Crippen LogP contribution in [-0.4, -0.2) is 6.61 Å². The van der Waals surface area contributed by atoms with Crippen molar-refractivity contribution in [3.63, 3.8) is 0 Å². The van der Waals surface area contributed by atoms with E-state index in [1.165, 1.54) is 44.1 Å². The molecule has 0 aromatic heterocycles. The quantitative estimate of drug-likeness (QED) is 0.360. The second-order valence-electron chi connectivity index (χ2n) is 5.40. The molecule has 1 aromatic carbocycles. The lowest BCUT2D eigenvalue weighted by atomic mass is 10.0. The van der Waals surface area contributed by atoms with E-state index < -0.39 is 0 Å². The van der Waals surface area contributed by atoms with Crippen molar-refractivity contribution in [3.05, 3.63) is 47.5 Å². The van der Waals surface area contributed by atoms with Crippen molar-refractivity contribution in [1.82, 2.24) is 0 Å². The second kappa shape index (κ2) is 11.7. The fraction of sp³-hybridized carbons (Fsp3) is 0.579. The van der Waals surface area contributed by atoms with Gasteiger partial charge >= 0.3 is 0 Å². The smallest absolute Gasteiger partial charge is 0.0717 e. The highest BCUT2D eigenvalue weighted by Gasteiger charge is 1.97. The summed E-state index contributed by atoms with van der Waals surface area (Å²) in [5, 5.41) is 0. The van der Waals surface area contributed by atoms with Crippen molar-refractivity contribution in [2.45, 2.75) is 65.4 Å². The first-order valence-electron chi connectivity index (χ1n) is 8.16. The molecule has 0 saturated carbocycles. The van der Waals surface area contributed by atoms with Crippen LogP contribution in [0.1, 0.15) is 64.4 Å². The summed E-state index contributed by atoms with van der Waals surface area (Å²) in [7, 11) is 0. The fourth-order valence-electron chi connectivity index (χ4n) is 2.25. The molecule has 0 spiro atoms. The molecule has 0 radical (unpaired) electrons. The number of rotatable bonds is 11. The lowest BCUT2D eigenvalue weighted by Crippen LogP contribution is -1.95. The third kappa shape index (κ3) is 8.16. The lowest BCUT2D eigenvalue weighted by molar-refractivity contribution is 0.125. The van der Waals surface area contributed by atoms with Gasteiger partial charge in [-0.3, -0.25) is 0 Å². The molecule has 1 heteroatoms. The Morgan fingerprint density at radius 2 is 1.65 bits per heavy atom. The molecule has 0 saturated heterocycles. The van der Waals surface area contributed by atoms with Crippen LogP contribution in [0.3, 0.4) is 0 Å². The number of hydrogen-bond acceptors (Lipinski definition) is 1. The lowest BCUT2D eigenvalue weighted by Gasteiger charge is -2.07. The van der Waals surface area contributed by atoms with Crippen molar-refractivity contribution in [2.75, 3.05) is 6.61 Å². The van der Waals surface area contributed by atoms with Crippen LogP contribution in [0.25, 0.3) is 0 Å². The third-order valence-electron chi connectivity index (χ3n) is 3.51. The molecule has 0 bridgehead atoms. The summed E-state index contributed by atoms with van der Waals surface area (Å²) >= 11 is 0. The van der Waals surface area contributed by atoms with Crippen LogP contribution in [0.2, 0.25) is 0 Å². The molecule has 0 amide bonds. The summed E-state index contributed by atoms with van der Waals surface area (Å²) in [6, 6.07) is 10.4. The molecule has 0 atom stereocenters. The first-order chi connectivity index (χ1) is 9.86. The second-order valence-corrected chi connectivity index (χ2v) is 5.40. The highest BCUT2D eigenvalue weighted by Crippen LogP contribution is 2.15. The van der Waals surface area contributed by atoms with Crippen LogP contribution in [0, 0.1) is 0 Å². The Kier molecular flexibility index (Phi) is 9.95. The Morgan fingerprint density at radius 3 is 2.25 bits per heavy atom. The minimum Gasteiger partial charge on any atom is -0.376 e. The van der Waals surface area contributed by atoms with Gasteiger partial charge in [0.05, 0.1) is 13.2 Å². The fourth-order valence-corrected chi connectivity index (χ4v) is 2.25. The van der Waals surface area contributed by atoms with E-state index in [0.717, 1.165) is 19.6 Å². The van der Waals surface area contributed by atoms with Crippen LogP contribution in [0.15, 0.2) is 42.0 Å². The number of unbranched alkanes of at least 4 members (excludes halogenated alkanes) is 2. The van der Waals surface area contributed by atoms with Crippen molar-refractivity contribution < 1.29 is 4.74 Å². The summed E-state index contributed by atoms with van der Waals surface area (Å²) in [5.74, 6) is 0. The van der Waals surface area contributed by atoms with Crippen LogP contribution in [-0.2, 0) is 11.3 Å². The van der Waals surface area contributed by atoms with Crippen molar-refractivity contribution in [3.8, 4) is 0 Å². The third-order valence-corrected chi connectivity index (χ3v) is 3.51. The van der Waals surface area contributed by atoms with Crippen LogP contribution in [0.5, 0.6) is 0 Å². The molecule has 0 N–H and O–H groups in total. The molecule has 20 heavy (non-hydrogen) atoms. The number of benzene rings is 1. The maximum Gasteiger partial charge on any atom is 0.0717 e. The van der Waals surface area contributed by atoms with E-state index in [1.807, 2.05) is 6.07 Å². The zero-order valence-electron chi connectivity index (χ0n) is 13.2. The van der Waals surface area contributed by atoms with Crippen LogP contribution in [0.4, 0.5) is 0 Å². The number of ether oxygens (including phenoxy) is 1. The van der Waals surface area contributed by atoms with Gasteiger partial charge in [-0.05, 0) is 37.7 Å². The molecule has 0 heterocycles. The molecule has 1 rings (SSSR count). The summed E-state index contributed by atoms with van der Waals surface area (Å²) < 4.78 is 5.73. The van der Waals surface area contributed by atoms with Gasteiger partial charge in [0.25, 0.3) is 0 Å². The Hall–Kier alpha value is -1.08. The van der Waals surface area contributed by atoms with E-state index in [-0.39, 0.29) is 0 Å². The Morgan fingerprint density at radius 1 is 1.00 bits per heavy atom. The Balaban J connectivity index is 2.21. The van der Waals surface area contributed by atoms with E-state index in [0.29, 0.717) is 0 Å². The predicted molar refractivity (Wildman–Crippen MR) is 87.8 cm³/mol. The van der Waals surface area contributed by atoms with Crippen molar-refractivity contribution >= 4 is 0 Å². The predicted octanol–water partition coefficient (Wildman–Crippen LogP) is 5.90. The van der Waals surface area contributed by atoms with Gasteiger partial charge in [0.2, 0.25) is 0 Å². The minimum atomic E-state index is 0.730. The standard InChI is InChI=1S/C19H30O/c1-3-5-11-18(12-6-4-2)15-10-16-20-17-19-13-8-7-9-14-19/h7-9,13-15H,3-6,10-12,16-17H2,1-2H3. The highest BCUT2D eigenvalue weighted by atomic mass is 16.5. The van der Waals surface area contributed by atoms with Gasteiger partial charge in [-0.2, -0.15) is 0 Å². The summed E-state index contributed by atoms with van der Waals surface area (Å²) in [6.07, 6.45) is 11.2. The zero-order chi connectivity index (χ0) is 14.5. The van der Waals surface area contributed by atoms with E-state index in [4.69, 9.17) is 4.74 Å². The largest absolute Gasteiger partial charge is 0.376 e. The Labute approximate surface area is 125 Å². The molecular formula is C19H30O. The molecule has 1 nitrogen and oxygen atoms in total. The molecular weight excluding hydrogens is 244 g/mol. The van der Waals surface area contributed by atoms with Gasteiger partial charge in [-0.15, -0.1) is 0 Å². The van der Waals surface area contributed by atoms with Crippen LogP contribution < -0.4 is 0 Å². The highest BCUT2D eigenvalue weighted by molar-refractivity contribution is 5.13. The summed E-state index contributed by atoms with van der Waals surface area (Å²) in [5.41, 5.74) is 2.89. The van der Waals surface area contributed by atoms with E-state index in [2.05, 4.69) is 44.2 Å². The molecule has 0 aliphatic heterocycles. The average Bonchev–Trinajstić information content (AvgIpc) is 2.50. The maximum atomic E-state index is 5.73. The number of hydrogen-bond donors (Lipinski definition) is 0. The molecule has 0 aliphatic rings. The summed E-state index contributed by atoms with van der Waals surface area (Å²) in [6.45, 7) is 6.09. The van der Waals surface area contributed by atoms with Gasteiger partial charge in [-0.1, -0.05) is 68.7 Å². The normalized spacial score (nSPS) is 10.5. The molecule has 1 aromatic rings. The first-order valence-corrected chi connectivity index (χ1v) is 8.16. The van der Waals surface area contributed by atoms with Gasteiger partial charge < -0.3 is 4.74 Å². The van der Waals surface area contributed by atoms with Gasteiger partial charge in [0.15, 0.2) is 0 Å². The SMILES string of the molecule is CCCCC(=CCCOCc1ccccc1)CCCC. The average molecular weight is 274 g/mol. The van der Waals surface area contributed by atoms with Gasteiger partial charge in [0.1, 0.15) is 0 Å². The maximum absolute atomic E-state index is 5.73. The first kappa shape index (κ1) is 17.0.